The van der Waals surface area contributed by atoms with Gasteiger partial charge in [-0.25, -0.2) is 8.78 Å². The summed E-state index contributed by atoms with van der Waals surface area (Å²) in [5.41, 5.74) is 1.40. The number of rotatable bonds is 4. The van der Waals surface area contributed by atoms with E-state index in [4.69, 9.17) is 0 Å². The van der Waals surface area contributed by atoms with Gasteiger partial charge < -0.3 is 10.2 Å². The summed E-state index contributed by atoms with van der Waals surface area (Å²) in [5, 5.41) is 2.64. The maximum atomic E-state index is 13.9. The van der Waals surface area contributed by atoms with Crippen molar-refractivity contribution in [2.24, 2.45) is 0 Å². The van der Waals surface area contributed by atoms with Crippen molar-refractivity contribution < 1.29 is 18.4 Å². The summed E-state index contributed by atoms with van der Waals surface area (Å²) in [6.07, 6.45) is 0. The van der Waals surface area contributed by atoms with Crippen LogP contribution in [0.3, 0.4) is 0 Å². The molecule has 0 aliphatic rings. The number of amides is 2. The summed E-state index contributed by atoms with van der Waals surface area (Å²) < 4.78 is 27.7. The lowest BCUT2D eigenvalue weighted by Gasteiger charge is -2.21. The molecule has 24 heavy (non-hydrogen) atoms. The largest absolute Gasteiger partial charge is 0.324 e. The molecule has 0 radical (unpaired) electrons. The van der Waals surface area contributed by atoms with Crippen LogP contribution < -0.4 is 10.2 Å². The SMILES string of the molecule is CC(=O)N(CC(=O)Nc1ccc(C)c(Br)c1)c1ccc(F)cc1F. The first-order valence-corrected chi connectivity index (χ1v) is 7.86. The van der Waals surface area contributed by atoms with Crippen LogP contribution in [0.15, 0.2) is 40.9 Å². The van der Waals surface area contributed by atoms with E-state index in [-0.39, 0.29) is 12.2 Å². The Morgan fingerprint density at radius 1 is 1.17 bits per heavy atom. The van der Waals surface area contributed by atoms with E-state index in [2.05, 4.69) is 21.2 Å². The quantitative estimate of drug-likeness (QED) is 0.847. The molecule has 4 nitrogen and oxygen atoms in total. The van der Waals surface area contributed by atoms with E-state index in [9.17, 15) is 18.4 Å². The molecule has 0 aromatic heterocycles. The molecule has 0 unspecified atom stereocenters. The van der Waals surface area contributed by atoms with E-state index in [0.717, 1.165) is 27.1 Å². The fraction of sp³-hybridized carbons (Fsp3) is 0.176. The summed E-state index contributed by atoms with van der Waals surface area (Å²) in [6, 6.07) is 8.09. The fourth-order valence-corrected chi connectivity index (χ4v) is 2.46. The van der Waals surface area contributed by atoms with E-state index < -0.39 is 23.4 Å². The highest BCUT2D eigenvalue weighted by atomic mass is 79.9. The first-order chi connectivity index (χ1) is 11.3. The van der Waals surface area contributed by atoms with Gasteiger partial charge in [0.2, 0.25) is 11.8 Å². The average Bonchev–Trinajstić information content (AvgIpc) is 2.49. The van der Waals surface area contributed by atoms with Crippen LogP contribution in [0.4, 0.5) is 20.2 Å². The Hall–Kier alpha value is -2.28. The van der Waals surface area contributed by atoms with Crippen molar-refractivity contribution in [1.82, 2.24) is 0 Å². The number of aryl methyl sites for hydroxylation is 1. The van der Waals surface area contributed by atoms with Crippen molar-refractivity contribution in [1.29, 1.82) is 0 Å². The molecule has 0 spiro atoms. The van der Waals surface area contributed by atoms with Gasteiger partial charge in [0, 0.05) is 23.2 Å². The second kappa shape index (κ2) is 7.53. The molecule has 0 bridgehead atoms. The first-order valence-electron chi connectivity index (χ1n) is 7.07. The van der Waals surface area contributed by atoms with Crippen LogP contribution in [0.1, 0.15) is 12.5 Å². The van der Waals surface area contributed by atoms with Crippen LogP contribution in [0.25, 0.3) is 0 Å². The molecule has 0 fully saturated rings. The summed E-state index contributed by atoms with van der Waals surface area (Å²) in [7, 11) is 0. The molecule has 0 atom stereocenters. The number of carbonyl (C=O) groups excluding carboxylic acids is 2. The van der Waals surface area contributed by atoms with Gasteiger partial charge in [0.1, 0.15) is 18.2 Å². The molecule has 1 N–H and O–H groups in total. The van der Waals surface area contributed by atoms with Crippen LogP contribution in [0.5, 0.6) is 0 Å². The van der Waals surface area contributed by atoms with E-state index in [1.807, 2.05) is 13.0 Å². The molecule has 2 amide bonds. The van der Waals surface area contributed by atoms with Gasteiger partial charge in [-0.1, -0.05) is 22.0 Å². The normalized spacial score (nSPS) is 10.4. The molecular weight excluding hydrogens is 382 g/mol. The summed E-state index contributed by atoms with van der Waals surface area (Å²) >= 11 is 3.36. The smallest absolute Gasteiger partial charge is 0.244 e. The van der Waals surface area contributed by atoms with E-state index in [1.165, 1.54) is 6.92 Å². The maximum Gasteiger partial charge on any atom is 0.244 e. The summed E-state index contributed by atoms with van der Waals surface area (Å²) in [6.45, 7) is 2.73. The molecule has 7 heteroatoms. The first kappa shape index (κ1) is 18.1. The number of nitrogens with one attached hydrogen (secondary N) is 1. The van der Waals surface area contributed by atoms with Crippen LogP contribution in [-0.2, 0) is 9.59 Å². The van der Waals surface area contributed by atoms with Gasteiger partial charge in [0.25, 0.3) is 0 Å². The number of hydrogen-bond donors (Lipinski definition) is 1. The predicted octanol–water partition coefficient (Wildman–Crippen LogP) is 4.03. The minimum atomic E-state index is -0.906. The van der Waals surface area contributed by atoms with E-state index in [1.54, 1.807) is 12.1 Å². The highest BCUT2D eigenvalue weighted by Gasteiger charge is 2.19. The Kier molecular flexibility index (Phi) is 5.66. The van der Waals surface area contributed by atoms with Crippen molar-refractivity contribution >= 4 is 39.1 Å². The van der Waals surface area contributed by atoms with Gasteiger partial charge in [0.15, 0.2) is 0 Å². The highest BCUT2D eigenvalue weighted by molar-refractivity contribution is 9.10. The minimum Gasteiger partial charge on any atom is -0.324 e. The Labute approximate surface area is 146 Å². The standard InChI is InChI=1S/C17H15BrF2N2O2/c1-10-3-5-13(8-14(10)18)21-17(24)9-22(11(2)23)16-6-4-12(19)7-15(16)20/h3-8H,9H2,1-2H3,(H,21,24). The second-order valence-electron chi connectivity index (χ2n) is 5.21. The molecule has 0 heterocycles. The summed E-state index contributed by atoms with van der Waals surface area (Å²) in [4.78, 5) is 24.9. The van der Waals surface area contributed by atoms with Gasteiger partial charge in [-0.2, -0.15) is 0 Å². The van der Waals surface area contributed by atoms with Gasteiger partial charge in [-0.3, -0.25) is 9.59 Å². The molecule has 2 aromatic carbocycles. The second-order valence-corrected chi connectivity index (χ2v) is 6.07. The number of anilines is 2. The average molecular weight is 397 g/mol. The zero-order valence-corrected chi connectivity index (χ0v) is 14.7. The summed E-state index contributed by atoms with van der Waals surface area (Å²) in [5.74, 6) is -2.68. The molecule has 126 valence electrons. The Bertz CT molecular complexity index is 796. The monoisotopic (exact) mass is 396 g/mol. The van der Waals surface area contributed by atoms with Crippen molar-refractivity contribution in [2.75, 3.05) is 16.8 Å². The molecular formula is C17H15BrF2N2O2. The molecule has 2 rings (SSSR count). The number of hydrogen-bond acceptors (Lipinski definition) is 2. The molecule has 0 aliphatic heterocycles. The van der Waals surface area contributed by atoms with Gasteiger partial charge in [-0.05, 0) is 36.8 Å². The van der Waals surface area contributed by atoms with Crippen molar-refractivity contribution in [3.05, 3.63) is 58.1 Å². The lowest BCUT2D eigenvalue weighted by Crippen LogP contribution is -2.37. The molecule has 0 saturated carbocycles. The topological polar surface area (TPSA) is 49.4 Å². The van der Waals surface area contributed by atoms with Crippen molar-refractivity contribution in [3.63, 3.8) is 0 Å². The van der Waals surface area contributed by atoms with Gasteiger partial charge in [0.05, 0.1) is 5.69 Å². The van der Waals surface area contributed by atoms with Gasteiger partial charge >= 0.3 is 0 Å². The van der Waals surface area contributed by atoms with E-state index >= 15 is 0 Å². The third-order valence-corrected chi connectivity index (χ3v) is 4.19. The Morgan fingerprint density at radius 3 is 2.46 bits per heavy atom. The molecule has 0 aliphatic carbocycles. The lowest BCUT2D eigenvalue weighted by atomic mass is 10.2. The third-order valence-electron chi connectivity index (χ3n) is 3.34. The van der Waals surface area contributed by atoms with Crippen LogP contribution in [-0.4, -0.2) is 18.4 Å². The number of benzene rings is 2. The van der Waals surface area contributed by atoms with E-state index in [0.29, 0.717) is 11.8 Å². The third kappa shape index (κ3) is 4.38. The fourth-order valence-electron chi connectivity index (χ4n) is 2.08. The van der Waals surface area contributed by atoms with Crippen LogP contribution >= 0.6 is 15.9 Å². The number of nitrogens with zero attached hydrogens (tertiary/aromatic N) is 1. The number of carbonyl (C=O) groups is 2. The highest BCUT2D eigenvalue weighted by Crippen LogP contribution is 2.22. The van der Waals surface area contributed by atoms with Crippen LogP contribution in [0.2, 0.25) is 0 Å². The number of halogens is 3. The lowest BCUT2D eigenvalue weighted by molar-refractivity contribution is -0.120. The van der Waals surface area contributed by atoms with Crippen LogP contribution in [0, 0.1) is 18.6 Å². The van der Waals surface area contributed by atoms with Crippen molar-refractivity contribution in [3.8, 4) is 0 Å². The van der Waals surface area contributed by atoms with Gasteiger partial charge in [-0.15, -0.1) is 0 Å². The predicted molar refractivity (Wildman–Crippen MR) is 91.9 cm³/mol. The van der Waals surface area contributed by atoms with Crippen molar-refractivity contribution in [2.45, 2.75) is 13.8 Å². The Balaban J connectivity index is 2.16. The zero-order chi connectivity index (χ0) is 17.9. The minimum absolute atomic E-state index is 0.149. The zero-order valence-electron chi connectivity index (χ0n) is 13.1. The molecule has 2 aromatic rings. The Morgan fingerprint density at radius 2 is 1.88 bits per heavy atom. The molecule has 0 saturated heterocycles. The maximum absolute atomic E-state index is 13.9.